The molecule has 13 heavy (non-hydrogen) atoms. The summed E-state index contributed by atoms with van der Waals surface area (Å²) in [5.74, 6) is 2.33. The second kappa shape index (κ2) is 5.60. The summed E-state index contributed by atoms with van der Waals surface area (Å²) in [5, 5.41) is 2.78. The molecule has 0 heterocycles. The molecule has 0 unspecified atom stereocenters. The number of carbonyl (C=O) groups excluding carboxylic acids is 1. The van der Waals surface area contributed by atoms with Gasteiger partial charge in [-0.3, -0.25) is 4.79 Å². The monoisotopic (exact) mass is 183 g/mol. The van der Waals surface area contributed by atoms with E-state index in [1.165, 1.54) is 0 Å². The molecule has 3 nitrogen and oxygen atoms in total. The molecule has 0 saturated heterocycles. The lowest BCUT2D eigenvalue weighted by Crippen LogP contribution is -2.42. The third-order valence-electron chi connectivity index (χ3n) is 1.14. The van der Waals surface area contributed by atoms with Crippen molar-refractivity contribution in [3.63, 3.8) is 0 Å². The van der Waals surface area contributed by atoms with Crippen molar-refractivity contribution < 1.29 is 9.53 Å². The summed E-state index contributed by atoms with van der Waals surface area (Å²) in [6, 6.07) is 0. The van der Waals surface area contributed by atoms with Gasteiger partial charge in [-0.05, 0) is 20.8 Å². The predicted octanol–water partition coefficient (Wildman–Crippen LogP) is 0.941. The summed E-state index contributed by atoms with van der Waals surface area (Å²) < 4.78 is 5.03. The van der Waals surface area contributed by atoms with Crippen LogP contribution in [0.2, 0.25) is 0 Å². The Hall–Kier alpha value is -1.01. The molecule has 0 aliphatic rings. The summed E-state index contributed by atoms with van der Waals surface area (Å²) >= 11 is 0. The summed E-state index contributed by atoms with van der Waals surface area (Å²) in [6.07, 6.45) is 5.56. The molecule has 0 aliphatic heterocycles. The molecular formula is C10H17NO2. The van der Waals surface area contributed by atoms with Crippen LogP contribution < -0.4 is 5.32 Å². The van der Waals surface area contributed by atoms with Gasteiger partial charge in [0.25, 0.3) is 0 Å². The van der Waals surface area contributed by atoms with E-state index in [0.717, 1.165) is 0 Å². The summed E-state index contributed by atoms with van der Waals surface area (Å²) in [5.41, 5.74) is -0.202. The minimum absolute atomic E-state index is 0.0823. The Bertz CT molecular complexity index is 198. The van der Waals surface area contributed by atoms with Gasteiger partial charge in [-0.1, -0.05) is 0 Å². The molecule has 0 aliphatic carbocycles. The zero-order valence-corrected chi connectivity index (χ0v) is 8.52. The first-order valence-electron chi connectivity index (χ1n) is 4.28. The molecule has 3 heteroatoms. The Labute approximate surface area is 79.8 Å². The average Bonchev–Trinajstić information content (AvgIpc) is 1.94. The van der Waals surface area contributed by atoms with Gasteiger partial charge < -0.3 is 10.1 Å². The number of hydrogen-bond acceptors (Lipinski definition) is 2. The van der Waals surface area contributed by atoms with Crippen LogP contribution in [0.25, 0.3) is 0 Å². The van der Waals surface area contributed by atoms with Gasteiger partial charge in [0.15, 0.2) is 0 Å². The standard InChI is InChI=1S/C10H17NO2/c1-5-6-7-13-8-9(12)11-10(2,3)4/h1H,6-8H2,2-4H3,(H,11,12). The SMILES string of the molecule is C#CCCOCC(=O)NC(C)(C)C. The highest BCUT2D eigenvalue weighted by Crippen LogP contribution is 1.97. The molecule has 0 spiro atoms. The molecule has 0 rings (SSSR count). The maximum Gasteiger partial charge on any atom is 0.246 e. The second-order valence-electron chi connectivity index (χ2n) is 3.80. The van der Waals surface area contributed by atoms with Crippen LogP contribution in [0.1, 0.15) is 27.2 Å². The molecule has 74 valence electrons. The minimum Gasteiger partial charge on any atom is -0.371 e. The van der Waals surface area contributed by atoms with Crippen LogP contribution in [0.4, 0.5) is 0 Å². The van der Waals surface area contributed by atoms with E-state index < -0.39 is 0 Å². The molecule has 0 aromatic carbocycles. The lowest BCUT2D eigenvalue weighted by Gasteiger charge is -2.20. The number of nitrogens with one attached hydrogen (secondary N) is 1. The van der Waals surface area contributed by atoms with Crippen molar-refractivity contribution in [3.8, 4) is 12.3 Å². The van der Waals surface area contributed by atoms with E-state index in [2.05, 4.69) is 11.2 Å². The molecule has 0 fully saturated rings. The van der Waals surface area contributed by atoms with Crippen molar-refractivity contribution >= 4 is 5.91 Å². The predicted molar refractivity (Wildman–Crippen MR) is 52.2 cm³/mol. The lowest BCUT2D eigenvalue weighted by molar-refractivity contribution is -0.127. The first kappa shape index (κ1) is 12.0. The van der Waals surface area contributed by atoms with E-state index in [9.17, 15) is 4.79 Å². The fraction of sp³-hybridized carbons (Fsp3) is 0.700. The van der Waals surface area contributed by atoms with E-state index >= 15 is 0 Å². The largest absolute Gasteiger partial charge is 0.371 e. The van der Waals surface area contributed by atoms with E-state index in [1.54, 1.807) is 0 Å². The lowest BCUT2D eigenvalue weighted by atomic mass is 10.1. The van der Waals surface area contributed by atoms with E-state index in [-0.39, 0.29) is 18.1 Å². The molecule has 0 atom stereocenters. The van der Waals surface area contributed by atoms with E-state index in [0.29, 0.717) is 13.0 Å². The van der Waals surface area contributed by atoms with Gasteiger partial charge in [-0.15, -0.1) is 12.3 Å². The Kier molecular flexibility index (Phi) is 5.17. The van der Waals surface area contributed by atoms with Crippen LogP contribution in [0, 0.1) is 12.3 Å². The van der Waals surface area contributed by atoms with Crippen molar-refractivity contribution in [1.82, 2.24) is 5.32 Å². The molecule has 1 amide bonds. The van der Waals surface area contributed by atoms with Crippen molar-refractivity contribution in [1.29, 1.82) is 0 Å². The van der Waals surface area contributed by atoms with Crippen LogP contribution in [0.3, 0.4) is 0 Å². The van der Waals surface area contributed by atoms with Crippen molar-refractivity contribution in [2.75, 3.05) is 13.2 Å². The molecular weight excluding hydrogens is 166 g/mol. The number of amides is 1. The van der Waals surface area contributed by atoms with Crippen LogP contribution >= 0.6 is 0 Å². The topological polar surface area (TPSA) is 38.3 Å². The van der Waals surface area contributed by atoms with E-state index in [1.807, 2.05) is 20.8 Å². The van der Waals surface area contributed by atoms with Crippen LogP contribution in [-0.4, -0.2) is 24.7 Å². The quantitative estimate of drug-likeness (QED) is 0.520. The maximum absolute atomic E-state index is 11.1. The summed E-state index contributed by atoms with van der Waals surface area (Å²) in [7, 11) is 0. The van der Waals surface area contributed by atoms with Crippen molar-refractivity contribution in [2.45, 2.75) is 32.7 Å². The third-order valence-corrected chi connectivity index (χ3v) is 1.14. The molecule has 0 aromatic rings. The minimum atomic E-state index is -0.202. The van der Waals surface area contributed by atoms with E-state index in [4.69, 9.17) is 11.2 Å². The van der Waals surface area contributed by atoms with Crippen LogP contribution in [0.15, 0.2) is 0 Å². The molecule has 0 saturated carbocycles. The fourth-order valence-corrected chi connectivity index (χ4v) is 0.750. The van der Waals surface area contributed by atoms with Crippen LogP contribution in [0.5, 0.6) is 0 Å². The Balaban J connectivity index is 3.48. The summed E-state index contributed by atoms with van der Waals surface area (Å²) in [6.45, 7) is 6.29. The number of ether oxygens (including phenoxy) is 1. The van der Waals surface area contributed by atoms with Gasteiger partial charge in [-0.2, -0.15) is 0 Å². The van der Waals surface area contributed by atoms with Gasteiger partial charge >= 0.3 is 0 Å². The van der Waals surface area contributed by atoms with Gasteiger partial charge in [0.1, 0.15) is 6.61 Å². The average molecular weight is 183 g/mol. The first-order valence-corrected chi connectivity index (χ1v) is 4.28. The Morgan fingerprint density at radius 2 is 2.15 bits per heavy atom. The number of carbonyl (C=O) groups is 1. The highest BCUT2D eigenvalue weighted by molar-refractivity contribution is 5.77. The van der Waals surface area contributed by atoms with Crippen molar-refractivity contribution in [2.24, 2.45) is 0 Å². The summed E-state index contributed by atoms with van der Waals surface area (Å²) in [4.78, 5) is 11.1. The first-order chi connectivity index (χ1) is 5.95. The van der Waals surface area contributed by atoms with Gasteiger partial charge in [0, 0.05) is 12.0 Å². The normalized spacial score (nSPS) is 10.6. The zero-order valence-electron chi connectivity index (χ0n) is 8.52. The smallest absolute Gasteiger partial charge is 0.246 e. The maximum atomic E-state index is 11.1. The number of hydrogen-bond donors (Lipinski definition) is 1. The highest BCUT2D eigenvalue weighted by atomic mass is 16.5. The molecule has 0 bridgehead atoms. The number of terminal acetylenes is 1. The Morgan fingerprint density at radius 1 is 1.54 bits per heavy atom. The Morgan fingerprint density at radius 3 is 2.62 bits per heavy atom. The van der Waals surface area contributed by atoms with Gasteiger partial charge in [0.05, 0.1) is 6.61 Å². The van der Waals surface area contributed by atoms with Crippen molar-refractivity contribution in [3.05, 3.63) is 0 Å². The molecule has 0 radical (unpaired) electrons. The zero-order chi connectivity index (χ0) is 10.3. The van der Waals surface area contributed by atoms with Gasteiger partial charge in [-0.25, -0.2) is 0 Å². The fourth-order valence-electron chi connectivity index (χ4n) is 0.750. The highest BCUT2D eigenvalue weighted by Gasteiger charge is 2.12. The molecule has 1 N–H and O–H groups in total. The number of rotatable bonds is 4. The molecule has 0 aromatic heterocycles. The van der Waals surface area contributed by atoms with Gasteiger partial charge in [0.2, 0.25) is 5.91 Å². The second-order valence-corrected chi connectivity index (χ2v) is 3.80. The van der Waals surface area contributed by atoms with Crippen LogP contribution in [-0.2, 0) is 9.53 Å². The third kappa shape index (κ3) is 8.90.